The average Bonchev–Trinajstić information content (AvgIpc) is 2.73. The van der Waals surface area contributed by atoms with Gasteiger partial charge in [-0.3, -0.25) is 0 Å². The van der Waals surface area contributed by atoms with Crippen LogP contribution < -0.4 is 9.64 Å². The molecule has 0 saturated carbocycles. The predicted octanol–water partition coefficient (Wildman–Crippen LogP) is 3.61. The molecule has 0 amide bonds. The molecule has 0 atom stereocenters. The maximum atomic E-state index is 13.2. The minimum absolute atomic E-state index is 0.203. The van der Waals surface area contributed by atoms with E-state index in [9.17, 15) is 8.42 Å². The Morgan fingerprint density at radius 2 is 1.89 bits per heavy atom. The smallest absolute Gasteiger partial charge is 0.246 e. The van der Waals surface area contributed by atoms with Crippen molar-refractivity contribution in [2.45, 2.75) is 30.4 Å². The van der Waals surface area contributed by atoms with Crippen LogP contribution in [-0.2, 0) is 21.4 Å². The number of hydrogen-bond donors (Lipinski definition) is 0. The van der Waals surface area contributed by atoms with E-state index in [4.69, 9.17) is 9.47 Å². The molecule has 2 aliphatic rings. The number of hydrogen-bond acceptors (Lipinski definition) is 5. The average molecular weight is 467 g/mol. The van der Waals surface area contributed by atoms with Crippen molar-refractivity contribution in [3.63, 3.8) is 0 Å². The third-order valence-corrected chi connectivity index (χ3v) is 7.81. The van der Waals surface area contributed by atoms with Gasteiger partial charge >= 0.3 is 0 Å². The lowest BCUT2D eigenvalue weighted by Crippen LogP contribution is -2.48. The van der Waals surface area contributed by atoms with Crippen LogP contribution in [0, 0.1) is 0 Å². The van der Waals surface area contributed by atoms with Crippen molar-refractivity contribution in [2.75, 3.05) is 31.8 Å². The second-order valence-corrected chi connectivity index (χ2v) is 9.83. The topological polar surface area (TPSA) is 59.1 Å². The molecule has 4 rings (SSSR count). The van der Waals surface area contributed by atoms with Crippen molar-refractivity contribution in [1.82, 2.24) is 4.31 Å². The summed E-state index contributed by atoms with van der Waals surface area (Å²) in [5.41, 5.74) is 2.38. The molecule has 0 aliphatic carbocycles. The first-order valence-electron chi connectivity index (χ1n) is 9.26. The molecule has 0 N–H and O–H groups in total. The van der Waals surface area contributed by atoms with Gasteiger partial charge in [-0.25, -0.2) is 8.42 Å². The maximum Gasteiger partial charge on any atom is 0.246 e. The van der Waals surface area contributed by atoms with Gasteiger partial charge in [-0.2, -0.15) is 4.31 Å². The molecule has 0 bridgehead atoms. The highest BCUT2D eigenvalue weighted by molar-refractivity contribution is 9.10. The van der Waals surface area contributed by atoms with Gasteiger partial charge < -0.3 is 14.4 Å². The predicted molar refractivity (Wildman–Crippen MR) is 111 cm³/mol. The van der Waals surface area contributed by atoms with Gasteiger partial charge in [-0.1, -0.05) is 34.1 Å². The Morgan fingerprint density at radius 1 is 1.14 bits per heavy atom. The first-order chi connectivity index (χ1) is 13.5. The quantitative estimate of drug-likeness (QED) is 0.688. The van der Waals surface area contributed by atoms with E-state index in [1.807, 2.05) is 12.1 Å². The number of sulfonamides is 1. The van der Waals surface area contributed by atoms with Crippen molar-refractivity contribution in [1.29, 1.82) is 0 Å². The van der Waals surface area contributed by atoms with E-state index in [0.717, 1.165) is 12.8 Å². The lowest BCUT2D eigenvalue weighted by molar-refractivity contribution is 0.0988. The monoisotopic (exact) mass is 466 g/mol. The van der Waals surface area contributed by atoms with Crippen molar-refractivity contribution in [3.8, 4) is 5.75 Å². The molecule has 6 nitrogen and oxygen atoms in total. The van der Waals surface area contributed by atoms with Crippen LogP contribution in [0.25, 0.3) is 0 Å². The summed E-state index contributed by atoms with van der Waals surface area (Å²) in [5, 5.41) is 0. The van der Waals surface area contributed by atoms with E-state index >= 15 is 0 Å². The molecule has 0 aromatic heterocycles. The van der Waals surface area contributed by atoms with Crippen molar-refractivity contribution < 1.29 is 17.9 Å². The van der Waals surface area contributed by atoms with Gasteiger partial charge in [-0.15, -0.1) is 0 Å². The molecule has 28 heavy (non-hydrogen) atoms. The third-order valence-electron chi connectivity index (χ3n) is 5.40. The Labute approximate surface area is 174 Å². The van der Waals surface area contributed by atoms with Gasteiger partial charge in [0.05, 0.1) is 13.7 Å². The maximum absolute atomic E-state index is 13.2. The molecule has 0 spiro atoms. The highest BCUT2D eigenvalue weighted by Gasteiger charge is 2.34. The number of halogens is 1. The number of benzene rings is 2. The Hall–Kier alpha value is -1.61. The molecule has 0 radical (unpaired) electrons. The number of methoxy groups -OCH3 is 1. The standard InChI is InChI=1S/C20H23BrN2O4S/c1-26-19-7-6-16(21)12-20(19)28(24,25)22-10-8-17(9-11-22)23-14-27-13-15-4-2-3-5-18(15)23/h2-7,12,17H,8-11,13-14H2,1H3. The van der Waals surface area contributed by atoms with Crippen LogP contribution >= 0.6 is 15.9 Å². The summed E-state index contributed by atoms with van der Waals surface area (Å²) in [6.45, 7) is 2.12. The van der Waals surface area contributed by atoms with Gasteiger partial charge in [0.2, 0.25) is 10.0 Å². The molecule has 2 aromatic rings. The summed E-state index contributed by atoms with van der Waals surface area (Å²) in [6, 6.07) is 13.6. The summed E-state index contributed by atoms with van der Waals surface area (Å²) < 4.78 is 39.7. The van der Waals surface area contributed by atoms with Crippen LogP contribution in [0.4, 0.5) is 5.69 Å². The van der Waals surface area contributed by atoms with Gasteiger partial charge in [0.25, 0.3) is 0 Å². The lowest BCUT2D eigenvalue weighted by Gasteiger charge is -2.41. The first-order valence-corrected chi connectivity index (χ1v) is 11.5. The Kier molecular flexibility index (Phi) is 5.64. The van der Waals surface area contributed by atoms with Crippen LogP contribution in [0.5, 0.6) is 5.75 Å². The molecule has 2 aliphatic heterocycles. The van der Waals surface area contributed by atoms with E-state index in [1.165, 1.54) is 18.4 Å². The highest BCUT2D eigenvalue weighted by Crippen LogP contribution is 2.34. The fourth-order valence-electron chi connectivity index (χ4n) is 3.92. The molecule has 2 heterocycles. The lowest BCUT2D eigenvalue weighted by atomic mass is 10.0. The number of para-hydroxylation sites is 1. The van der Waals surface area contributed by atoms with E-state index in [2.05, 4.69) is 33.0 Å². The molecule has 8 heteroatoms. The summed E-state index contributed by atoms with van der Waals surface area (Å²) >= 11 is 3.36. The zero-order chi connectivity index (χ0) is 19.7. The summed E-state index contributed by atoms with van der Waals surface area (Å²) in [5.74, 6) is 0.365. The normalized spacial score (nSPS) is 18.7. The van der Waals surface area contributed by atoms with Crippen LogP contribution in [0.15, 0.2) is 51.8 Å². The molecular formula is C20H23BrN2O4S. The summed E-state index contributed by atoms with van der Waals surface area (Å²) in [6.07, 6.45) is 1.51. The highest BCUT2D eigenvalue weighted by atomic mass is 79.9. The van der Waals surface area contributed by atoms with Crippen molar-refractivity contribution in [2.24, 2.45) is 0 Å². The number of rotatable bonds is 4. The summed E-state index contributed by atoms with van der Waals surface area (Å²) in [4.78, 5) is 2.47. The third kappa shape index (κ3) is 3.66. The van der Waals surface area contributed by atoms with Gasteiger partial charge in [-0.05, 0) is 37.1 Å². The first kappa shape index (κ1) is 19.7. The second-order valence-electron chi connectivity index (χ2n) is 7.01. The van der Waals surface area contributed by atoms with Crippen molar-refractivity contribution >= 4 is 31.6 Å². The molecule has 1 saturated heterocycles. The SMILES string of the molecule is COc1ccc(Br)cc1S(=O)(=O)N1CCC(N2COCc3ccccc32)CC1. The van der Waals surface area contributed by atoms with Crippen LogP contribution in [-0.4, -0.2) is 45.7 Å². The molecule has 150 valence electrons. The number of nitrogens with zero attached hydrogens (tertiary/aromatic N) is 2. The molecule has 0 unspecified atom stereocenters. The van der Waals surface area contributed by atoms with E-state index in [1.54, 1.807) is 22.5 Å². The molecule has 1 fully saturated rings. The minimum Gasteiger partial charge on any atom is -0.495 e. The van der Waals surface area contributed by atoms with E-state index in [-0.39, 0.29) is 10.9 Å². The zero-order valence-corrected chi connectivity index (χ0v) is 18.1. The minimum atomic E-state index is -3.61. The number of ether oxygens (including phenoxy) is 2. The van der Waals surface area contributed by atoms with E-state index < -0.39 is 10.0 Å². The second kappa shape index (κ2) is 8.02. The Balaban J connectivity index is 1.51. The number of fused-ring (bicyclic) bond motifs is 1. The van der Waals surface area contributed by atoms with Crippen LogP contribution in [0.3, 0.4) is 0 Å². The molecular weight excluding hydrogens is 444 g/mol. The number of anilines is 1. The van der Waals surface area contributed by atoms with Gasteiger partial charge in [0.15, 0.2) is 0 Å². The fraction of sp³-hybridized carbons (Fsp3) is 0.400. The van der Waals surface area contributed by atoms with Crippen LogP contribution in [0.2, 0.25) is 0 Å². The summed E-state index contributed by atoms with van der Waals surface area (Å²) in [7, 11) is -2.13. The Bertz CT molecular complexity index is 958. The van der Waals surface area contributed by atoms with Crippen molar-refractivity contribution in [3.05, 3.63) is 52.5 Å². The zero-order valence-electron chi connectivity index (χ0n) is 15.7. The number of piperidine rings is 1. The van der Waals surface area contributed by atoms with Gasteiger partial charge in [0, 0.05) is 34.9 Å². The Morgan fingerprint density at radius 3 is 2.64 bits per heavy atom. The van der Waals surface area contributed by atoms with E-state index in [0.29, 0.717) is 36.6 Å². The van der Waals surface area contributed by atoms with Crippen LogP contribution in [0.1, 0.15) is 18.4 Å². The largest absolute Gasteiger partial charge is 0.495 e. The molecule has 2 aromatic carbocycles. The van der Waals surface area contributed by atoms with Gasteiger partial charge in [0.1, 0.15) is 17.4 Å². The fourth-order valence-corrected chi connectivity index (χ4v) is 6.09.